The lowest BCUT2D eigenvalue weighted by Gasteiger charge is -2.07. The molecule has 0 fully saturated rings. The van der Waals surface area contributed by atoms with Crippen LogP contribution in [-0.4, -0.2) is 40.1 Å². The maximum atomic E-state index is 12.3. The Hall–Kier alpha value is -3.55. The zero-order valence-corrected chi connectivity index (χ0v) is 18.9. The van der Waals surface area contributed by atoms with Gasteiger partial charge < -0.3 is 14.0 Å². The SMILES string of the molecule is CCCCCOc1ccc(C(=O)CCC(=O)OCCCc2nc(-c3cccnc3)no2)cc1. The summed E-state index contributed by atoms with van der Waals surface area (Å²) < 4.78 is 16.1. The molecule has 0 amide bonds. The third kappa shape index (κ3) is 8.14. The van der Waals surface area contributed by atoms with Crippen LogP contribution >= 0.6 is 0 Å². The molecule has 0 aliphatic heterocycles. The first kappa shape index (κ1) is 24.1. The van der Waals surface area contributed by atoms with Crippen LogP contribution in [0.3, 0.4) is 0 Å². The number of rotatable bonds is 14. The summed E-state index contributed by atoms with van der Waals surface area (Å²) in [7, 11) is 0. The second kappa shape index (κ2) is 13.1. The van der Waals surface area contributed by atoms with Gasteiger partial charge in [0.1, 0.15) is 5.75 Å². The number of nitrogens with zero attached hydrogens (tertiary/aromatic N) is 3. The Morgan fingerprint density at radius 3 is 2.61 bits per heavy atom. The topological polar surface area (TPSA) is 104 Å². The maximum Gasteiger partial charge on any atom is 0.306 e. The zero-order valence-electron chi connectivity index (χ0n) is 18.9. The fourth-order valence-corrected chi connectivity index (χ4v) is 3.09. The molecule has 8 nitrogen and oxygen atoms in total. The Balaban J connectivity index is 1.31. The summed E-state index contributed by atoms with van der Waals surface area (Å²) in [4.78, 5) is 32.6. The van der Waals surface area contributed by atoms with Gasteiger partial charge in [-0.25, -0.2) is 0 Å². The molecule has 0 radical (unpaired) electrons. The first-order valence-corrected chi connectivity index (χ1v) is 11.3. The number of hydrogen-bond acceptors (Lipinski definition) is 8. The van der Waals surface area contributed by atoms with Crippen molar-refractivity contribution in [2.75, 3.05) is 13.2 Å². The molecule has 0 spiro atoms. The molecule has 1 aromatic carbocycles. The van der Waals surface area contributed by atoms with Gasteiger partial charge in [0.15, 0.2) is 5.78 Å². The number of aryl methyl sites for hydroxylation is 1. The maximum absolute atomic E-state index is 12.3. The van der Waals surface area contributed by atoms with Crippen molar-refractivity contribution in [1.29, 1.82) is 0 Å². The Morgan fingerprint density at radius 1 is 1.00 bits per heavy atom. The van der Waals surface area contributed by atoms with Crippen LogP contribution in [0, 0.1) is 0 Å². The van der Waals surface area contributed by atoms with E-state index in [2.05, 4.69) is 22.0 Å². The number of aromatic nitrogens is 3. The predicted octanol–water partition coefficient (Wildman–Crippen LogP) is 4.84. The van der Waals surface area contributed by atoms with Gasteiger partial charge in [-0.05, 0) is 49.2 Å². The highest BCUT2D eigenvalue weighted by Gasteiger charge is 2.12. The predicted molar refractivity (Wildman–Crippen MR) is 122 cm³/mol. The number of carbonyl (C=O) groups is 2. The lowest BCUT2D eigenvalue weighted by atomic mass is 10.1. The van der Waals surface area contributed by atoms with Crippen molar-refractivity contribution in [3.05, 3.63) is 60.2 Å². The Morgan fingerprint density at radius 2 is 1.85 bits per heavy atom. The van der Waals surface area contributed by atoms with Crippen LogP contribution in [0.5, 0.6) is 5.75 Å². The Labute approximate surface area is 193 Å². The Bertz CT molecular complexity index is 1000. The summed E-state index contributed by atoms with van der Waals surface area (Å²) in [6.45, 7) is 3.04. The monoisotopic (exact) mass is 451 g/mol. The highest BCUT2D eigenvalue weighted by atomic mass is 16.5. The van der Waals surface area contributed by atoms with E-state index in [1.807, 2.05) is 6.07 Å². The van der Waals surface area contributed by atoms with Crippen LogP contribution in [0.1, 0.15) is 61.7 Å². The third-order valence-corrected chi connectivity index (χ3v) is 4.93. The summed E-state index contributed by atoms with van der Waals surface area (Å²) in [5.41, 5.74) is 1.34. The van der Waals surface area contributed by atoms with Crippen LogP contribution < -0.4 is 4.74 Å². The van der Waals surface area contributed by atoms with Gasteiger partial charge in [0, 0.05) is 36.4 Å². The quantitative estimate of drug-likeness (QED) is 0.195. The highest BCUT2D eigenvalue weighted by Crippen LogP contribution is 2.16. The number of hydrogen-bond donors (Lipinski definition) is 0. The van der Waals surface area contributed by atoms with Crippen molar-refractivity contribution in [2.24, 2.45) is 0 Å². The molecule has 2 heterocycles. The fourth-order valence-electron chi connectivity index (χ4n) is 3.09. The van der Waals surface area contributed by atoms with E-state index in [1.54, 1.807) is 42.7 Å². The van der Waals surface area contributed by atoms with E-state index in [9.17, 15) is 9.59 Å². The summed E-state index contributed by atoms with van der Waals surface area (Å²) in [6, 6.07) is 10.7. The van der Waals surface area contributed by atoms with Crippen molar-refractivity contribution in [2.45, 2.75) is 51.9 Å². The fraction of sp³-hybridized carbons (Fsp3) is 0.400. The van der Waals surface area contributed by atoms with Gasteiger partial charge in [0.25, 0.3) is 0 Å². The smallest absolute Gasteiger partial charge is 0.306 e. The van der Waals surface area contributed by atoms with Crippen molar-refractivity contribution in [3.8, 4) is 17.1 Å². The molecule has 0 unspecified atom stereocenters. The van der Waals surface area contributed by atoms with Crippen LogP contribution in [-0.2, 0) is 16.0 Å². The molecule has 0 atom stereocenters. The van der Waals surface area contributed by atoms with Gasteiger partial charge in [-0.15, -0.1) is 0 Å². The second-order valence-corrected chi connectivity index (χ2v) is 7.58. The van der Waals surface area contributed by atoms with Crippen LogP contribution in [0.4, 0.5) is 0 Å². The molecule has 3 rings (SSSR count). The van der Waals surface area contributed by atoms with E-state index in [4.69, 9.17) is 14.0 Å². The molecule has 8 heteroatoms. The number of pyridine rings is 1. The van der Waals surface area contributed by atoms with Crippen molar-refractivity contribution in [1.82, 2.24) is 15.1 Å². The largest absolute Gasteiger partial charge is 0.494 e. The molecule has 0 bridgehead atoms. The number of benzene rings is 1. The molecule has 0 N–H and O–H groups in total. The Kier molecular flexibility index (Phi) is 9.57. The second-order valence-electron chi connectivity index (χ2n) is 7.58. The standard InChI is InChI=1S/C25H29N3O5/c1-2-3-4-16-31-21-11-9-19(10-12-21)22(29)13-14-24(30)32-17-6-8-23-27-25(28-33-23)20-7-5-15-26-18-20/h5,7,9-12,15,18H,2-4,6,8,13-14,16-17H2,1H3. The average molecular weight is 452 g/mol. The minimum atomic E-state index is -0.402. The molecule has 0 saturated carbocycles. The highest BCUT2D eigenvalue weighted by molar-refractivity contribution is 5.97. The number of ketones is 1. The van der Waals surface area contributed by atoms with Crippen LogP contribution in [0.15, 0.2) is 53.3 Å². The van der Waals surface area contributed by atoms with Gasteiger partial charge in [-0.1, -0.05) is 24.9 Å². The minimum Gasteiger partial charge on any atom is -0.494 e. The molecule has 3 aromatic rings. The van der Waals surface area contributed by atoms with E-state index < -0.39 is 5.97 Å². The van der Waals surface area contributed by atoms with Crippen LogP contribution in [0.2, 0.25) is 0 Å². The lowest BCUT2D eigenvalue weighted by molar-refractivity contribution is -0.143. The first-order chi connectivity index (χ1) is 16.2. The summed E-state index contributed by atoms with van der Waals surface area (Å²) in [6.07, 6.45) is 7.82. The number of carbonyl (C=O) groups excluding carboxylic acids is 2. The molecule has 2 aromatic heterocycles. The summed E-state index contributed by atoms with van der Waals surface area (Å²) in [5.74, 6) is 1.19. The summed E-state index contributed by atoms with van der Waals surface area (Å²) >= 11 is 0. The van der Waals surface area contributed by atoms with Crippen molar-refractivity contribution >= 4 is 11.8 Å². The van der Waals surface area contributed by atoms with Gasteiger partial charge in [0.2, 0.25) is 11.7 Å². The van der Waals surface area contributed by atoms with Gasteiger partial charge >= 0.3 is 5.97 Å². The van der Waals surface area contributed by atoms with E-state index in [0.717, 1.165) is 30.6 Å². The molecule has 174 valence electrons. The van der Waals surface area contributed by atoms with Gasteiger partial charge in [-0.2, -0.15) is 4.98 Å². The molecular weight excluding hydrogens is 422 g/mol. The number of Topliss-reactive ketones (excluding diaryl/α,β-unsaturated/α-hetero) is 1. The third-order valence-electron chi connectivity index (χ3n) is 4.93. The first-order valence-electron chi connectivity index (χ1n) is 11.3. The molecule has 0 saturated heterocycles. The van der Waals surface area contributed by atoms with E-state index in [0.29, 0.717) is 36.7 Å². The van der Waals surface area contributed by atoms with E-state index in [-0.39, 0.29) is 25.2 Å². The van der Waals surface area contributed by atoms with Crippen LogP contribution in [0.25, 0.3) is 11.4 Å². The van der Waals surface area contributed by atoms with Gasteiger partial charge in [-0.3, -0.25) is 14.6 Å². The average Bonchev–Trinajstić information content (AvgIpc) is 3.33. The molecular formula is C25H29N3O5. The number of unbranched alkanes of at least 4 members (excludes halogenated alkanes) is 2. The minimum absolute atomic E-state index is 0.0415. The normalized spacial score (nSPS) is 10.7. The molecule has 0 aliphatic rings. The lowest BCUT2D eigenvalue weighted by Crippen LogP contribution is -2.09. The van der Waals surface area contributed by atoms with Crippen molar-refractivity contribution in [3.63, 3.8) is 0 Å². The van der Waals surface area contributed by atoms with Gasteiger partial charge in [0.05, 0.1) is 19.6 Å². The molecule has 33 heavy (non-hydrogen) atoms. The van der Waals surface area contributed by atoms with E-state index >= 15 is 0 Å². The molecule has 0 aliphatic carbocycles. The van der Waals surface area contributed by atoms with E-state index in [1.165, 1.54) is 0 Å². The number of esters is 1. The zero-order chi connectivity index (χ0) is 23.3. The summed E-state index contributed by atoms with van der Waals surface area (Å²) in [5, 5.41) is 3.93. The number of ether oxygens (including phenoxy) is 2. The van der Waals surface area contributed by atoms with Crippen molar-refractivity contribution < 1.29 is 23.6 Å².